The van der Waals surface area contributed by atoms with Gasteiger partial charge in [0.2, 0.25) is 10.0 Å². The molecule has 1 aromatic carbocycles. The third-order valence-corrected chi connectivity index (χ3v) is 4.12. The molecule has 2 aromatic rings. The smallest absolute Gasteiger partial charge is 0.404 e. The Bertz CT molecular complexity index is 945. The van der Waals surface area contributed by atoms with Crippen molar-refractivity contribution in [2.45, 2.75) is 12.8 Å². The molecule has 0 aliphatic heterocycles. The zero-order valence-electron chi connectivity index (χ0n) is 12.9. The van der Waals surface area contributed by atoms with Gasteiger partial charge in [0.15, 0.2) is 11.5 Å². The molecular weight excluding hydrogens is 377 g/mol. The lowest BCUT2D eigenvalue weighted by molar-refractivity contribution is -0.106. The Kier molecular flexibility index (Phi) is 5.56. The summed E-state index contributed by atoms with van der Waals surface area (Å²) in [7, 11) is -4.92. The van der Waals surface area contributed by atoms with Gasteiger partial charge >= 0.3 is 12.1 Å². The minimum absolute atomic E-state index is 0.118. The normalized spacial score (nSPS) is 11.6. The largest absolute Gasteiger partial charge is 0.489 e. The molecule has 138 valence electrons. The van der Waals surface area contributed by atoms with Crippen molar-refractivity contribution >= 4 is 15.9 Å². The van der Waals surface area contributed by atoms with Crippen LogP contribution >= 0.6 is 0 Å². The number of nitrogens with zero attached hydrogens (tertiary/aromatic N) is 1. The minimum Gasteiger partial charge on any atom is -0.489 e. The molecule has 1 N–H and O–H groups in total. The second kappa shape index (κ2) is 7.49. The molecule has 0 aliphatic carbocycles. The highest BCUT2D eigenvalue weighted by Gasteiger charge is 2.36. The Labute approximate surface area is 146 Å². The molecule has 0 atom stereocenters. The first-order chi connectivity index (χ1) is 12.1. The molecule has 0 unspecified atom stereocenters. The van der Waals surface area contributed by atoms with Gasteiger partial charge in [-0.15, -0.1) is 0 Å². The molecule has 0 bridgehead atoms. The van der Waals surface area contributed by atoms with Gasteiger partial charge in [0.05, 0.1) is 17.9 Å². The van der Waals surface area contributed by atoms with Crippen molar-refractivity contribution in [2.75, 3.05) is 5.75 Å². The standard InChI is InChI=1S/C15H11F3N2O5S/c16-15(17,18)9-26(22,23)20-14(21)13-11(4-5-24-13)8-25-12-3-1-2-10(6-12)7-19/h1-6H,8-9H2,(H,20,21). The summed E-state index contributed by atoms with van der Waals surface area (Å²) >= 11 is 0. The molecule has 2 rings (SSSR count). The molecule has 7 nitrogen and oxygen atoms in total. The van der Waals surface area contributed by atoms with E-state index in [9.17, 15) is 26.4 Å². The number of nitriles is 1. The van der Waals surface area contributed by atoms with Gasteiger partial charge in [0, 0.05) is 5.56 Å². The number of hydrogen-bond donors (Lipinski definition) is 1. The molecule has 1 amide bonds. The first-order valence-electron chi connectivity index (χ1n) is 6.90. The van der Waals surface area contributed by atoms with Crippen molar-refractivity contribution in [2.24, 2.45) is 0 Å². The average Bonchev–Trinajstić information content (AvgIpc) is 2.99. The Morgan fingerprint density at radius 2 is 2.04 bits per heavy atom. The second-order valence-corrected chi connectivity index (χ2v) is 6.73. The van der Waals surface area contributed by atoms with Crippen molar-refractivity contribution in [1.82, 2.24) is 4.72 Å². The van der Waals surface area contributed by atoms with E-state index in [1.807, 2.05) is 6.07 Å². The van der Waals surface area contributed by atoms with Gasteiger partial charge in [-0.25, -0.2) is 13.1 Å². The van der Waals surface area contributed by atoms with Crippen LogP contribution in [0.15, 0.2) is 41.0 Å². The van der Waals surface area contributed by atoms with E-state index in [1.54, 1.807) is 18.2 Å². The first kappa shape index (κ1) is 19.3. The van der Waals surface area contributed by atoms with Crippen LogP contribution in [0.25, 0.3) is 0 Å². The van der Waals surface area contributed by atoms with Gasteiger partial charge in [0.1, 0.15) is 12.4 Å². The van der Waals surface area contributed by atoms with Crippen molar-refractivity contribution in [3.8, 4) is 11.8 Å². The molecule has 0 saturated carbocycles. The number of nitrogens with one attached hydrogen (secondary N) is 1. The topological polar surface area (TPSA) is 109 Å². The number of alkyl halides is 3. The molecule has 0 spiro atoms. The fourth-order valence-corrected chi connectivity index (χ4v) is 2.78. The summed E-state index contributed by atoms with van der Waals surface area (Å²) in [5.41, 5.74) is 0.456. The molecule has 11 heteroatoms. The van der Waals surface area contributed by atoms with E-state index < -0.39 is 33.6 Å². The number of sulfonamides is 1. The molecule has 1 aromatic heterocycles. The van der Waals surface area contributed by atoms with E-state index in [0.717, 1.165) is 6.26 Å². The van der Waals surface area contributed by atoms with Crippen LogP contribution in [-0.4, -0.2) is 26.3 Å². The number of furan rings is 1. The Hall–Kier alpha value is -3.00. The van der Waals surface area contributed by atoms with Gasteiger partial charge in [-0.05, 0) is 24.3 Å². The van der Waals surface area contributed by atoms with Crippen LogP contribution in [0, 0.1) is 11.3 Å². The summed E-state index contributed by atoms with van der Waals surface area (Å²) in [4.78, 5) is 11.9. The molecule has 0 saturated heterocycles. The van der Waals surface area contributed by atoms with Crippen LogP contribution in [0.3, 0.4) is 0 Å². The zero-order valence-corrected chi connectivity index (χ0v) is 13.7. The Balaban J connectivity index is 2.07. The Morgan fingerprint density at radius 1 is 1.31 bits per heavy atom. The van der Waals surface area contributed by atoms with E-state index in [-0.39, 0.29) is 12.2 Å². The number of halogens is 3. The molecular formula is C15H11F3N2O5S. The number of rotatable bonds is 6. The maximum atomic E-state index is 12.2. The monoisotopic (exact) mass is 388 g/mol. The van der Waals surface area contributed by atoms with E-state index >= 15 is 0 Å². The third-order valence-electron chi connectivity index (χ3n) is 2.91. The van der Waals surface area contributed by atoms with Crippen LogP contribution in [0.4, 0.5) is 13.2 Å². The van der Waals surface area contributed by atoms with Gasteiger partial charge in [0.25, 0.3) is 0 Å². The lowest BCUT2D eigenvalue weighted by atomic mass is 10.2. The molecule has 1 heterocycles. The van der Waals surface area contributed by atoms with Crippen molar-refractivity contribution in [3.63, 3.8) is 0 Å². The van der Waals surface area contributed by atoms with Crippen molar-refractivity contribution in [1.29, 1.82) is 5.26 Å². The summed E-state index contributed by atoms with van der Waals surface area (Å²) in [6.07, 6.45) is -3.93. The summed E-state index contributed by atoms with van der Waals surface area (Å²) < 4.78 is 70.8. The minimum atomic E-state index is -4.99. The summed E-state index contributed by atoms with van der Waals surface area (Å²) in [6, 6.07) is 9.33. The fraction of sp³-hybridized carbons (Fsp3) is 0.200. The zero-order chi connectivity index (χ0) is 19.4. The summed E-state index contributed by atoms with van der Waals surface area (Å²) in [5, 5.41) is 8.81. The highest BCUT2D eigenvalue weighted by Crippen LogP contribution is 2.19. The number of amides is 1. The van der Waals surface area contributed by atoms with E-state index in [0.29, 0.717) is 11.3 Å². The average molecular weight is 388 g/mol. The fourth-order valence-electron chi connectivity index (χ4n) is 1.90. The van der Waals surface area contributed by atoms with Crippen LogP contribution in [0.2, 0.25) is 0 Å². The van der Waals surface area contributed by atoms with Gasteiger partial charge in [-0.1, -0.05) is 6.07 Å². The number of carbonyl (C=O) groups is 1. The third kappa shape index (κ3) is 5.52. The van der Waals surface area contributed by atoms with Crippen molar-refractivity contribution in [3.05, 3.63) is 53.5 Å². The predicted molar refractivity (Wildman–Crippen MR) is 81.5 cm³/mol. The highest BCUT2D eigenvalue weighted by atomic mass is 32.2. The van der Waals surface area contributed by atoms with Crippen LogP contribution in [-0.2, 0) is 16.6 Å². The summed E-state index contributed by atoms with van der Waals surface area (Å²) in [5.74, 6) is -3.73. The second-order valence-electron chi connectivity index (χ2n) is 5.01. The number of hydrogen-bond acceptors (Lipinski definition) is 6. The number of benzene rings is 1. The SMILES string of the molecule is N#Cc1cccc(OCc2ccoc2C(=O)NS(=O)(=O)CC(F)(F)F)c1. The van der Waals surface area contributed by atoms with E-state index in [1.165, 1.54) is 16.9 Å². The van der Waals surface area contributed by atoms with Gasteiger partial charge in [-0.3, -0.25) is 4.79 Å². The lowest BCUT2D eigenvalue weighted by Gasteiger charge is -2.09. The quantitative estimate of drug-likeness (QED) is 0.814. The Morgan fingerprint density at radius 3 is 2.69 bits per heavy atom. The van der Waals surface area contributed by atoms with E-state index in [4.69, 9.17) is 14.4 Å². The summed E-state index contributed by atoms with van der Waals surface area (Å²) in [6.45, 7) is -0.229. The molecule has 26 heavy (non-hydrogen) atoms. The maximum absolute atomic E-state index is 12.2. The van der Waals surface area contributed by atoms with Crippen LogP contribution in [0.5, 0.6) is 5.75 Å². The van der Waals surface area contributed by atoms with E-state index in [2.05, 4.69) is 0 Å². The number of ether oxygens (including phenoxy) is 1. The van der Waals surface area contributed by atoms with Gasteiger partial charge in [-0.2, -0.15) is 18.4 Å². The number of carbonyl (C=O) groups excluding carboxylic acids is 1. The van der Waals surface area contributed by atoms with Crippen molar-refractivity contribution < 1.29 is 35.5 Å². The molecule has 0 aliphatic rings. The predicted octanol–water partition coefficient (Wildman–Crippen LogP) is 2.35. The molecule has 0 radical (unpaired) electrons. The van der Waals surface area contributed by atoms with Gasteiger partial charge < -0.3 is 9.15 Å². The lowest BCUT2D eigenvalue weighted by Crippen LogP contribution is -2.37. The molecule has 0 fully saturated rings. The highest BCUT2D eigenvalue weighted by molar-refractivity contribution is 7.90. The van der Waals surface area contributed by atoms with Crippen LogP contribution in [0.1, 0.15) is 21.7 Å². The van der Waals surface area contributed by atoms with Crippen LogP contribution < -0.4 is 9.46 Å². The first-order valence-corrected chi connectivity index (χ1v) is 8.56. The maximum Gasteiger partial charge on any atom is 0.404 e.